The largest absolute Gasteiger partial charge is 0.396 e. The minimum Gasteiger partial charge on any atom is -0.396 e. The molecule has 0 radical (unpaired) electrons. The van der Waals surface area contributed by atoms with Gasteiger partial charge in [-0.05, 0) is 12.1 Å². The summed E-state index contributed by atoms with van der Waals surface area (Å²) in [6.07, 6.45) is 3.42. The topological polar surface area (TPSA) is 81.9 Å². The summed E-state index contributed by atoms with van der Waals surface area (Å²) in [6, 6.07) is 7.74. The predicted octanol–water partition coefficient (Wildman–Crippen LogP) is 1.72. The maximum atomic E-state index is 5.59. The van der Waals surface area contributed by atoms with Crippen molar-refractivity contribution in [3.05, 3.63) is 36.7 Å². The van der Waals surface area contributed by atoms with Crippen LogP contribution in [0.5, 0.6) is 0 Å². The highest BCUT2D eigenvalue weighted by Crippen LogP contribution is 2.21. The molecular formula is C12H13N5O. The van der Waals surface area contributed by atoms with Crippen LogP contribution in [0, 0.1) is 0 Å². The minimum absolute atomic E-state index is 0.668. The maximum absolute atomic E-state index is 5.59. The molecule has 0 spiro atoms. The molecule has 3 aromatic rings. The van der Waals surface area contributed by atoms with Crippen molar-refractivity contribution >= 4 is 22.5 Å². The first-order chi connectivity index (χ1) is 8.83. The van der Waals surface area contributed by atoms with Gasteiger partial charge in [-0.1, -0.05) is 17.3 Å². The van der Waals surface area contributed by atoms with E-state index in [4.69, 9.17) is 10.3 Å². The van der Waals surface area contributed by atoms with Crippen LogP contribution >= 0.6 is 0 Å². The Hall–Kier alpha value is -2.50. The lowest BCUT2D eigenvalue weighted by Gasteiger charge is -2.02. The number of aromatic nitrogens is 3. The van der Waals surface area contributed by atoms with Crippen molar-refractivity contribution in [1.82, 2.24) is 14.9 Å². The van der Waals surface area contributed by atoms with Crippen molar-refractivity contribution in [1.29, 1.82) is 0 Å². The number of hydrogen-bond acceptors (Lipinski definition) is 5. The van der Waals surface area contributed by atoms with Crippen molar-refractivity contribution in [2.75, 3.05) is 17.6 Å². The summed E-state index contributed by atoms with van der Waals surface area (Å²) in [5.41, 5.74) is 7.04. The Balaban J connectivity index is 1.66. The third-order valence-corrected chi connectivity index (χ3v) is 2.66. The molecule has 3 N–H and O–H groups in total. The van der Waals surface area contributed by atoms with Gasteiger partial charge in [-0.15, -0.1) is 0 Å². The number of fused-ring (bicyclic) bond motifs is 1. The van der Waals surface area contributed by atoms with Crippen LogP contribution in [-0.4, -0.2) is 21.5 Å². The van der Waals surface area contributed by atoms with Crippen molar-refractivity contribution in [3.8, 4) is 0 Å². The first kappa shape index (κ1) is 10.6. The smallest absolute Gasteiger partial charge is 0.177 e. The van der Waals surface area contributed by atoms with Gasteiger partial charge in [0.2, 0.25) is 0 Å². The molecule has 0 aliphatic heterocycles. The summed E-state index contributed by atoms with van der Waals surface area (Å²) < 4.78 is 6.98. The van der Waals surface area contributed by atoms with Gasteiger partial charge in [0.25, 0.3) is 0 Å². The molecule has 0 saturated heterocycles. The lowest BCUT2D eigenvalue weighted by Crippen LogP contribution is -2.11. The molecule has 3 rings (SSSR count). The van der Waals surface area contributed by atoms with E-state index in [1.165, 1.54) is 0 Å². The number of rotatable bonds is 4. The Morgan fingerprint density at radius 2 is 2.22 bits per heavy atom. The van der Waals surface area contributed by atoms with Crippen molar-refractivity contribution in [3.63, 3.8) is 0 Å². The van der Waals surface area contributed by atoms with Crippen molar-refractivity contribution < 1.29 is 4.52 Å². The van der Waals surface area contributed by atoms with Crippen LogP contribution in [0.15, 0.2) is 41.2 Å². The Bertz CT molecular complexity index is 657. The number of nitrogens with one attached hydrogen (secondary N) is 1. The zero-order chi connectivity index (χ0) is 12.4. The standard InChI is InChI=1S/C12H13N5O/c13-9-7-15-17(8-9)6-5-14-12-10-3-1-2-4-11(10)18-16-12/h1-4,7-8H,5-6,13H2,(H,14,16). The van der Waals surface area contributed by atoms with E-state index in [0.717, 1.165) is 23.3 Å². The van der Waals surface area contributed by atoms with Gasteiger partial charge >= 0.3 is 0 Å². The van der Waals surface area contributed by atoms with E-state index in [-0.39, 0.29) is 0 Å². The maximum Gasteiger partial charge on any atom is 0.177 e. The lowest BCUT2D eigenvalue weighted by atomic mass is 10.2. The van der Waals surface area contributed by atoms with Gasteiger partial charge in [0.1, 0.15) is 0 Å². The van der Waals surface area contributed by atoms with Gasteiger partial charge < -0.3 is 15.6 Å². The van der Waals surface area contributed by atoms with Crippen LogP contribution in [0.2, 0.25) is 0 Å². The molecule has 0 aliphatic carbocycles. The number of para-hydroxylation sites is 1. The zero-order valence-corrected chi connectivity index (χ0v) is 9.71. The van der Waals surface area contributed by atoms with Crippen LogP contribution in [0.4, 0.5) is 11.5 Å². The summed E-state index contributed by atoms with van der Waals surface area (Å²) >= 11 is 0. The normalized spacial score (nSPS) is 10.9. The Morgan fingerprint density at radius 3 is 3.06 bits per heavy atom. The van der Waals surface area contributed by atoms with Gasteiger partial charge in [0.15, 0.2) is 11.4 Å². The number of anilines is 2. The van der Waals surface area contributed by atoms with E-state index in [1.54, 1.807) is 17.1 Å². The summed E-state index contributed by atoms with van der Waals surface area (Å²) in [6.45, 7) is 1.43. The van der Waals surface area contributed by atoms with Gasteiger partial charge in [0, 0.05) is 12.7 Å². The van der Waals surface area contributed by atoms with E-state index in [2.05, 4.69) is 15.6 Å². The molecule has 2 aromatic heterocycles. The van der Waals surface area contributed by atoms with E-state index in [9.17, 15) is 0 Å². The highest BCUT2D eigenvalue weighted by molar-refractivity contribution is 5.87. The number of benzene rings is 1. The Morgan fingerprint density at radius 1 is 1.33 bits per heavy atom. The fourth-order valence-corrected chi connectivity index (χ4v) is 1.80. The Kier molecular flexibility index (Phi) is 2.60. The minimum atomic E-state index is 0.668. The number of hydrogen-bond donors (Lipinski definition) is 2. The number of nitrogens with zero attached hydrogens (tertiary/aromatic N) is 3. The van der Waals surface area contributed by atoms with Crippen LogP contribution in [0.25, 0.3) is 11.0 Å². The molecule has 0 fully saturated rings. The fourth-order valence-electron chi connectivity index (χ4n) is 1.80. The SMILES string of the molecule is Nc1cnn(CCNc2noc3ccccc23)c1. The van der Waals surface area contributed by atoms with Gasteiger partial charge in [-0.25, -0.2) is 0 Å². The first-order valence-electron chi connectivity index (χ1n) is 5.69. The summed E-state index contributed by atoms with van der Waals surface area (Å²) in [5, 5.41) is 12.3. The third kappa shape index (κ3) is 2.00. The van der Waals surface area contributed by atoms with Gasteiger partial charge in [0.05, 0.1) is 23.8 Å². The quantitative estimate of drug-likeness (QED) is 0.729. The van der Waals surface area contributed by atoms with E-state index < -0.39 is 0 Å². The average Bonchev–Trinajstić information content (AvgIpc) is 2.97. The highest BCUT2D eigenvalue weighted by atomic mass is 16.5. The van der Waals surface area contributed by atoms with E-state index in [0.29, 0.717) is 12.2 Å². The van der Waals surface area contributed by atoms with Crippen LogP contribution in [0.3, 0.4) is 0 Å². The summed E-state index contributed by atoms with van der Waals surface area (Å²) in [7, 11) is 0. The van der Waals surface area contributed by atoms with E-state index >= 15 is 0 Å². The molecule has 0 unspecified atom stereocenters. The first-order valence-corrected chi connectivity index (χ1v) is 5.69. The van der Waals surface area contributed by atoms with Gasteiger partial charge in [-0.2, -0.15) is 5.10 Å². The number of nitrogens with two attached hydrogens (primary N) is 1. The summed E-state index contributed by atoms with van der Waals surface area (Å²) in [5.74, 6) is 0.755. The molecule has 6 heteroatoms. The molecule has 0 amide bonds. The van der Waals surface area contributed by atoms with Crippen molar-refractivity contribution in [2.45, 2.75) is 6.54 Å². The van der Waals surface area contributed by atoms with E-state index in [1.807, 2.05) is 24.3 Å². The predicted molar refractivity (Wildman–Crippen MR) is 69.1 cm³/mol. The molecular weight excluding hydrogens is 230 g/mol. The second kappa shape index (κ2) is 4.40. The monoisotopic (exact) mass is 243 g/mol. The molecule has 92 valence electrons. The lowest BCUT2D eigenvalue weighted by molar-refractivity contribution is 0.459. The molecule has 0 aliphatic rings. The summed E-state index contributed by atoms with van der Waals surface area (Å²) in [4.78, 5) is 0. The van der Waals surface area contributed by atoms with Crippen LogP contribution in [0.1, 0.15) is 0 Å². The molecule has 0 bridgehead atoms. The molecule has 1 aromatic carbocycles. The number of nitrogen functional groups attached to an aromatic ring is 1. The molecule has 0 atom stereocenters. The fraction of sp³-hybridized carbons (Fsp3) is 0.167. The zero-order valence-electron chi connectivity index (χ0n) is 9.71. The van der Waals surface area contributed by atoms with Gasteiger partial charge in [-0.3, -0.25) is 4.68 Å². The Labute approximate surface area is 103 Å². The second-order valence-corrected chi connectivity index (χ2v) is 3.99. The molecule has 0 saturated carbocycles. The molecule has 6 nitrogen and oxygen atoms in total. The third-order valence-electron chi connectivity index (χ3n) is 2.66. The van der Waals surface area contributed by atoms with Crippen molar-refractivity contribution in [2.24, 2.45) is 0 Å². The second-order valence-electron chi connectivity index (χ2n) is 3.99. The average molecular weight is 243 g/mol. The highest BCUT2D eigenvalue weighted by Gasteiger charge is 2.05. The van der Waals surface area contributed by atoms with Crippen LogP contribution < -0.4 is 11.1 Å². The van der Waals surface area contributed by atoms with Crippen LogP contribution in [-0.2, 0) is 6.54 Å². The molecule has 2 heterocycles. The molecule has 18 heavy (non-hydrogen) atoms.